The van der Waals surface area contributed by atoms with Crippen LogP contribution in [-0.4, -0.2) is 24.6 Å². The van der Waals surface area contributed by atoms with Crippen LogP contribution in [0.15, 0.2) is 12.3 Å². The molecule has 1 aromatic heterocycles. The first-order valence-corrected chi connectivity index (χ1v) is 7.57. The van der Waals surface area contributed by atoms with Crippen LogP contribution in [0.1, 0.15) is 33.3 Å². The van der Waals surface area contributed by atoms with E-state index in [2.05, 4.69) is 42.9 Å². The number of rotatable bonds is 5. The lowest BCUT2D eigenvalue weighted by Gasteiger charge is -2.21. The summed E-state index contributed by atoms with van der Waals surface area (Å²) >= 11 is 0. The van der Waals surface area contributed by atoms with Gasteiger partial charge in [-0.15, -0.1) is 0 Å². The van der Waals surface area contributed by atoms with Crippen LogP contribution in [0.4, 0.5) is 10.2 Å². The van der Waals surface area contributed by atoms with Gasteiger partial charge in [0.2, 0.25) is 0 Å². The van der Waals surface area contributed by atoms with Crippen molar-refractivity contribution in [1.29, 1.82) is 0 Å². The molecule has 20 heavy (non-hydrogen) atoms. The summed E-state index contributed by atoms with van der Waals surface area (Å²) in [6.07, 6.45) is 1.33. The van der Waals surface area contributed by atoms with Gasteiger partial charge >= 0.3 is 0 Å². The fourth-order valence-corrected chi connectivity index (χ4v) is 2.69. The number of aromatic nitrogens is 1. The Morgan fingerprint density at radius 3 is 2.60 bits per heavy atom. The van der Waals surface area contributed by atoms with E-state index in [0.717, 1.165) is 31.0 Å². The Bertz CT molecular complexity index is 437. The fraction of sp³-hybridized carbons (Fsp3) is 0.688. The molecule has 2 atom stereocenters. The second-order valence-electron chi connectivity index (χ2n) is 6.52. The molecule has 1 N–H and O–H groups in total. The summed E-state index contributed by atoms with van der Waals surface area (Å²) in [6.45, 7) is 12.5. The average Bonchev–Trinajstić information content (AvgIpc) is 2.69. The van der Waals surface area contributed by atoms with Crippen LogP contribution < -0.4 is 10.2 Å². The Labute approximate surface area is 121 Å². The van der Waals surface area contributed by atoms with E-state index in [1.54, 1.807) is 6.07 Å². The molecule has 0 amide bonds. The van der Waals surface area contributed by atoms with Crippen molar-refractivity contribution in [3.8, 4) is 0 Å². The third-order valence-electron chi connectivity index (χ3n) is 4.07. The van der Waals surface area contributed by atoms with Crippen molar-refractivity contribution < 1.29 is 4.39 Å². The predicted molar refractivity (Wildman–Crippen MR) is 81.3 cm³/mol. The number of halogens is 1. The monoisotopic (exact) mass is 279 g/mol. The van der Waals surface area contributed by atoms with Crippen LogP contribution in [0.25, 0.3) is 0 Å². The number of nitrogens with zero attached hydrogens (tertiary/aromatic N) is 2. The molecule has 1 aliphatic rings. The highest BCUT2D eigenvalue weighted by Gasteiger charge is 2.28. The van der Waals surface area contributed by atoms with Crippen LogP contribution in [0.2, 0.25) is 0 Å². The maximum Gasteiger partial charge on any atom is 0.141 e. The third-order valence-corrected chi connectivity index (χ3v) is 4.07. The molecule has 0 aromatic carbocycles. The number of anilines is 1. The molecule has 2 heterocycles. The van der Waals surface area contributed by atoms with E-state index < -0.39 is 0 Å². The predicted octanol–water partition coefficient (Wildman–Crippen LogP) is 3.06. The van der Waals surface area contributed by atoms with E-state index in [4.69, 9.17) is 0 Å². The summed E-state index contributed by atoms with van der Waals surface area (Å²) in [6, 6.07) is 1.61. The molecule has 0 spiro atoms. The van der Waals surface area contributed by atoms with Crippen molar-refractivity contribution in [3.05, 3.63) is 23.6 Å². The lowest BCUT2D eigenvalue weighted by atomic mass is 10.0. The maximum absolute atomic E-state index is 13.5. The summed E-state index contributed by atoms with van der Waals surface area (Å²) in [5, 5.41) is 3.38. The van der Waals surface area contributed by atoms with Crippen molar-refractivity contribution in [3.63, 3.8) is 0 Å². The van der Waals surface area contributed by atoms with Gasteiger partial charge in [0.25, 0.3) is 0 Å². The van der Waals surface area contributed by atoms with Gasteiger partial charge in [0.15, 0.2) is 0 Å². The third kappa shape index (κ3) is 3.69. The van der Waals surface area contributed by atoms with E-state index in [0.29, 0.717) is 24.3 Å². The van der Waals surface area contributed by atoms with Crippen molar-refractivity contribution in [2.45, 2.75) is 34.2 Å². The molecule has 2 rings (SSSR count). The summed E-state index contributed by atoms with van der Waals surface area (Å²) < 4.78 is 13.5. The molecular weight excluding hydrogens is 253 g/mol. The van der Waals surface area contributed by atoms with Gasteiger partial charge in [-0.1, -0.05) is 27.7 Å². The Kier molecular flexibility index (Phi) is 4.97. The second kappa shape index (κ2) is 6.53. The molecule has 1 fully saturated rings. The molecule has 3 nitrogen and oxygen atoms in total. The highest BCUT2D eigenvalue weighted by atomic mass is 19.1. The Morgan fingerprint density at radius 2 is 2.00 bits per heavy atom. The zero-order valence-electron chi connectivity index (χ0n) is 13.0. The maximum atomic E-state index is 13.5. The lowest BCUT2D eigenvalue weighted by molar-refractivity contribution is 0.494. The van der Waals surface area contributed by atoms with Crippen molar-refractivity contribution >= 4 is 5.82 Å². The summed E-state index contributed by atoms with van der Waals surface area (Å²) in [7, 11) is 0. The molecule has 0 bridgehead atoms. The minimum absolute atomic E-state index is 0.254. The number of nitrogens with one attached hydrogen (secondary N) is 1. The normalized spacial score (nSPS) is 22.8. The molecule has 4 heteroatoms. The minimum Gasteiger partial charge on any atom is -0.356 e. The molecule has 0 radical (unpaired) electrons. The number of pyridine rings is 1. The average molecular weight is 279 g/mol. The van der Waals surface area contributed by atoms with Crippen molar-refractivity contribution in [2.75, 3.05) is 24.5 Å². The topological polar surface area (TPSA) is 28.2 Å². The van der Waals surface area contributed by atoms with Crippen molar-refractivity contribution in [2.24, 2.45) is 17.8 Å². The van der Waals surface area contributed by atoms with Gasteiger partial charge in [0.05, 0.1) is 6.20 Å². The van der Waals surface area contributed by atoms with Gasteiger partial charge < -0.3 is 10.2 Å². The molecule has 1 aromatic rings. The second-order valence-corrected chi connectivity index (χ2v) is 6.52. The van der Waals surface area contributed by atoms with E-state index in [-0.39, 0.29) is 5.82 Å². The largest absolute Gasteiger partial charge is 0.356 e. The first kappa shape index (κ1) is 15.2. The Morgan fingerprint density at radius 1 is 1.35 bits per heavy atom. The van der Waals surface area contributed by atoms with Gasteiger partial charge in [0.1, 0.15) is 11.6 Å². The molecule has 0 aliphatic carbocycles. The molecule has 0 saturated carbocycles. The molecule has 1 aliphatic heterocycles. The molecular formula is C16H26FN3. The summed E-state index contributed by atoms with van der Waals surface area (Å²) in [4.78, 5) is 6.63. The number of hydrogen-bond acceptors (Lipinski definition) is 3. The first-order chi connectivity index (χ1) is 9.47. The van der Waals surface area contributed by atoms with E-state index in [1.807, 2.05) is 0 Å². The van der Waals surface area contributed by atoms with Gasteiger partial charge in [-0.3, -0.25) is 0 Å². The lowest BCUT2D eigenvalue weighted by Crippen LogP contribution is -2.25. The van der Waals surface area contributed by atoms with Crippen molar-refractivity contribution in [1.82, 2.24) is 10.3 Å². The van der Waals surface area contributed by atoms with Crippen LogP contribution in [0.3, 0.4) is 0 Å². The quantitative estimate of drug-likeness (QED) is 0.898. The zero-order chi connectivity index (χ0) is 14.7. The Hall–Kier alpha value is -1.16. The van der Waals surface area contributed by atoms with Crippen LogP contribution >= 0.6 is 0 Å². The SMILES string of the molecule is CC(C)CNCc1cc(F)cnc1N1CC(C)C(C)C1. The molecule has 1 saturated heterocycles. The fourth-order valence-electron chi connectivity index (χ4n) is 2.69. The van der Waals surface area contributed by atoms with E-state index in [1.165, 1.54) is 6.20 Å². The molecule has 112 valence electrons. The Balaban J connectivity index is 2.11. The zero-order valence-corrected chi connectivity index (χ0v) is 13.0. The summed E-state index contributed by atoms with van der Waals surface area (Å²) in [5.41, 5.74) is 0.965. The van der Waals surface area contributed by atoms with E-state index >= 15 is 0 Å². The minimum atomic E-state index is -0.254. The van der Waals surface area contributed by atoms with E-state index in [9.17, 15) is 4.39 Å². The standard InChI is InChI=1S/C16H26FN3/c1-11(2)6-18-7-14-5-15(17)8-19-16(14)20-9-12(3)13(4)10-20/h5,8,11-13,18H,6-7,9-10H2,1-4H3. The van der Waals surface area contributed by atoms with Crippen LogP contribution in [0, 0.1) is 23.6 Å². The highest BCUT2D eigenvalue weighted by molar-refractivity contribution is 5.48. The summed E-state index contributed by atoms with van der Waals surface area (Å²) in [5.74, 6) is 2.61. The smallest absolute Gasteiger partial charge is 0.141 e. The van der Waals surface area contributed by atoms with Crippen LogP contribution in [-0.2, 0) is 6.54 Å². The molecule has 2 unspecified atom stereocenters. The first-order valence-electron chi connectivity index (χ1n) is 7.57. The highest BCUT2D eigenvalue weighted by Crippen LogP contribution is 2.28. The van der Waals surface area contributed by atoms with Gasteiger partial charge in [-0.05, 0) is 30.4 Å². The van der Waals surface area contributed by atoms with Crippen LogP contribution in [0.5, 0.6) is 0 Å². The van der Waals surface area contributed by atoms with Gasteiger partial charge in [0, 0.05) is 25.2 Å². The van der Waals surface area contributed by atoms with Gasteiger partial charge in [-0.25, -0.2) is 9.37 Å². The van der Waals surface area contributed by atoms with Gasteiger partial charge in [-0.2, -0.15) is 0 Å². The number of hydrogen-bond donors (Lipinski definition) is 1.